The lowest BCUT2D eigenvalue weighted by atomic mass is 10.1. The van der Waals surface area contributed by atoms with Crippen molar-refractivity contribution in [1.29, 1.82) is 0 Å². The second-order valence-electron chi connectivity index (χ2n) is 8.66. The summed E-state index contributed by atoms with van der Waals surface area (Å²) in [4.78, 5) is 24.6. The van der Waals surface area contributed by atoms with Crippen molar-refractivity contribution >= 4 is 44.9 Å². The number of esters is 1. The van der Waals surface area contributed by atoms with Crippen molar-refractivity contribution in [3.63, 3.8) is 0 Å². The molecule has 0 atom stereocenters. The lowest BCUT2D eigenvalue weighted by molar-refractivity contribution is -0.116. The number of halogens is 2. The van der Waals surface area contributed by atoms with Gasteiger partial charge in [-0.05, 0) is 79.2 Å². The molecule has 0 heterocycles. The van der Waals surface area contributed by atoms with Crippen LogP contribution in [0.1, 0.15) is 23.7 Å². The third kappa shape index (κ3) is 6.86. The van der Waals surface area contributed by atoms with Gasteiger partial charge in [-0.2, -0.15) is 0 Å². The number of sulfonamides is 1. The van der Waals surface area contributed by atoms with E-state index < -0.39 is 27.7 Å². The average Bonchev–Trinajstić information content (AvgIpc) is 2.95. The second kappa shape index (κ2) is 12.8. The molecule has 0 saturated heterocycles. The molecular formula is C30H26ClFN2O5S. The van der Waals surface area contributed by atoms with E-state index in [0.29, 0.717) is 27.5 Å². The van der Waals surface area contributed by atoms with Crippen LogP contribution in [0, 0.1) is 5.82 Å². The number of ether oxygens (including phenoxy) is 1. The van der Waals surface area contributed by atoms with Gasteiger partial charge in [0, 0.05) is 29.2 Å². The summed E-state index contributed by atoms with van der Waals surface area (Å²) in [6.07, 6.45) is -0.191. The molecule has 0 bridgehead atoms. The highest BCUT2D eigenvalue weighted by atomic mass is 35.5. The number of hydrogen-bond donors (Lipinski definition) is 1. The van der Waals surface area contributed by atoms with E-state index in [4.69, 9.17) is 16.3 Å². The van der Waals surface area contributed by atoms with E-state index >= 15 is 0 Å². The smallest absolute Gasteiger partial charge is 0.338 e. The van der Waals surface area contributed by atoms with Crippen LogP contribution in [0.25, 0.3) is 11.1 Å². The van der Waals surface area contributed by atoms with Crippen LogP contribution in [0.3, 0.4) is 0 Å². The van der Waals surface area contributed by atoms with E-state index in [2.05, 4.69) is 5.32 Å². The van der Waals surface area contributed by atoms with Gasteiger partial charge in [-0.3, -0.25) is 9.10 Å². The van der Waals surface area contributed by atoms with Crippen molar-refractivity contribution in [2.75, 3.05) is 22.8 Å². The number of hydrogen-bond acceptors (Lipinski definition) is 5. The molecule has 4 aromatic rings. The first-order chi connectivity index (χ1) is 19.2. The highest BCUT2D eigenvalue weighted by molar-refractivity contribution is 7.92. The fourth-order valence-corrected chi connectivity index (χ4v) is 5.64. The number of carbonyl (C=O) groups excluding carboxylic acids is 2. The summed E-state index contributed by atoms with van der Waals surface area (Å²) < 4.78 is 47.0. The number of nitrogens with one attached hydrogen (secondary N) is 1. The van der Waals surface area contributed by atoms with Gasteiger partial charge in [0.05, 0.1) is 22.8 Å². The van der Waals surface area contributed by atoms with Crippen molar-refractivity contribution in [3.8, 4) is 11.1 Å². The third-order valence-electron chi connectivity index (χ3n) is 5.95. The Bertz CT molecular complexity index is 1600. The van der Waals surface area contributed by atoms with Crippen LogP contribution in [0.15, 0.2) is 102 Å². The quantitative estimate of drug-likeness (QED) is 0.215. The maximum absolute atomic E-state index is 13.7. The minimum absolute atomic E-state index is 0.125. The van der Waals surface area contributed by atoms with E-state index in [1.54, 1.807) is 37.3 Å². The Morgan fingerprint density at radius 1 is 0.925 bits per heavy atom. The monoisotopic (exact) mass is 580 g/mol. The molecule has 7 nitrogen and oxygen atoms in total. The predicted molar refractivity (Wildman–Crippen MR) is 153 cm³/mol. The van der Waals surface area contributed by atoms with E-state index in [1.807, 2.05) is 30.3 Å². The number of rotatable bonds is 10. The van der Waals surface area contributed by atoms with Gasteiger partial charge in [-0.1, -0.05) is 41.9 Å². The van der Waals surface area contributed by atoms with Gasteiger partial charge in [0.25, 0.3) is 10.0 Å². The molecular weight excluding hydrogens is 555 g/mol. The summed E-state index contributed by atoms with van der Waals surface area (Å²) in [6.45, 7) is 1.75. The summed E-state index contributed by atoms with van der Waals surface area (Å²) in [7, 11) is -4.18. The molecule has 10 heteroatoms. The fourth-order valence-electron chi connectivity index (χ4n) is 3.96. The van der Waals surface area contributed by atoms with E-state index in [9.17, 15) is 22.4 Å². The topological polar surface area (TPSA) is 92.8 Å². The maximum atomic E-state index is 13.7. The van der Waals surface area contributed by atoms with Crippen LogP contribution in [-0.2, 0) is 19.6 Å². The van der Waals surface area contributed by atoms with Crippen LogP contribution in [0.4, 0.5) is 15.8 Å². The second-order valence-corrected chi connectivity index (χ2v) is 10.9. The number of anilines is 2. The van der Waals surface area contributed by atoms with Gasteiger partial charge in [0.2, 0.25) is 5.91 Å². The zero-order valence-corrected chi connectivity index (χ0v) is 23.1. The van der Waals surface area contributed by atoms with Crippen LogP contribution >= 0.6 is 11.6 Å². The SMILES string of the molecule is CCOC(=O)c1ccc(NC(=O)CCN(c2ccc(Cl)c(-c3ccccc3)c2)S(=O)(=O)c2ccc(F)cc2)cc1. The van der Waals surface area contributed by atoms with Crippen molar-refractivity contribution in [1.82, 2.24) is 0 Å². The Labute approximate surface area is 237 Å². The standard InChI is InChI=1S/C30H26ClFN2O5S/c1-2-39-30(36)22-8-12-24(13-9-22)33-29(35)18-19-34(40(37,38)26-15-10-23(32)11-16-26)25-14-17-28(31)27(20-25)21-6-4-3-5-7-21/h3-17,20H,2,18-19H2,1H3,(H,33,35). The molecule has 0 spiro atoms. The molecule has 4 rings (SSSR count). The van der Waals surface area contributed by atoms with Crippen molar-refractivity contribution < 1.29 is 27.1 Å². The zero-order valence-electron chi connectivity index (χ0n) is 21.5. The molecule has 0 aliphatic heterocycles. The summed E-state index contributed by atoms with van der Waals surface area (Å²) in [6, 6.07) is 24.7. The molecule has 1 N–H and O–H groups in total. The van der Waals surface area contributed by atoms with Crippen molar-refractivity contribution in [2.24, 2.45) is 0 Å². The van der Waals surface area contributed by atoms with Gasteiger partial charge in [0.1, 0.15) is 5.82 Å². The summed E-state index contributed by atoms with van der Waals surface area (Å²) in [5.41, 5.74) is 2.47. The van der Waals surface area contributed by atoms with Crippen molar-refractivity contribution in [2.45, 2.75) is 18.2 Å². The largest absolute Gasteiger partial charge is 0.462 e. The number of carbonyl (C=O) groups is 2. The van der Waals surface area contributed by atoms with E-state index in [-0.39, 0.29) is 24.5 Å². The van der Waals surface area contributed by atoms with Crippen LogP contribution < -0.4 is 9.62 Å². The number of nitrogens with zero attached hydrogens (tertiary/aromatic N) is 1. The normalized spacial score (nSPS) is 11.1. The van der Waals surface area contributed by atoms with Gasteiger partial charge >= 0.3 is 5.97 Å². The molecule has 4 aromatic carbocycles. The zero-order chi connectivity index (χ0) is 28.7. The maximum Gasteiger partial charge on any atom is 0.338 e. The average molecular weight is 581 g/mol. The summed E-state index contributed by atoms with van der Waals surface area (Å²) in [5, 5.41) is 3.14. The van der Waals surface area contributed by atoms with Gasteiger partial charge in [-0.15, -0.1) is 0 Å². The third-order valence-corrected chi connectivity index (χ3v) is 8.12. The fraction of sp³-hybridized carbons (Fsp3) is 0.133. The first-order valence-corrected chi connectivity index (χ1v) is 14.2. The Balaban J connectivity index is 1.60. The molecule has 0 radical (unpaired) electrons. The highest BCUT2D eigenvalue weighted by Crippen LogP contribution is 2.34. The first-order valence-electron chi connectivity index (χ1n) is 12.4. The molecule has 0 saturated carbocycles. The molecule has 1 amide bonds. The Kier molecular flexibility index (Phi) is 9.19. The van der Waals surface area contributed by atoms with Gasteiger partial charge < -0.3 is 10.1 Å². The minimum atomic E-state index is -4.18. The van der Waals surface area contributed by atoms with Crippen LogP contribution in [0.5, 0.6) is 0 Å². The number of benzene rings is 4. The van der Waals surface area contributed by atoms with E-state index in [0.717, 1.165) is 22.0 Å². The molecule has 0 aliphatic carbocycles. The molecule has 206 valence electrons. The Morgan fingerprint density at radius 2 is 1.60 bits per heavy atom. The molecule has 0 aromatic heterocycles. The van der Waals surface area contributed by atoms with Gasteiger partial charge in [-0.25, -0.2) is 17.6 Å². The predicted octanol–water partition coefficient (Wildman–Crippen LogP) is 6.55. The Hall–Kier alpha value is -4.21. The molecule has 40 heavy (non-hydrogen) atoms. The number of amides is 1. The van der Waals surface area contributed by atoms with Crippen LogP contribution in [-0.4, -0.2) is 33.4 Å². The molecule has 0 fully saturated rings. The van der Waals surface area contributed by atoms with Gasteiger partial charge in [0.15, 0.2) is 0 Å². The molecule has 0 unspecified atom stereocenters. The first kappa shape index (κ1) is 28.8. The van der Waals surface area contributed by atoms with E-state index in [1.165, 1.54) is 24.3 Å². The molecule has 0 aliphatic rings. The highest BCUT2D eigenvalue weighted by Gasteiger charge is 2.26. The Morgan fingerprint density at radius 3 is 2.25 bits per heavy atom. The van der Waals surface area contributed by atoms with Crippen molar-refractivity contribution in [3.05, 3.63) is 113 Å². The lowest BCUT2D eigenvalue weighted by Gasteiger charge is -2.25. The summed E-state index contributed by atoms with van der Waals surface area (Å²) in [5.74, 6) is -1.49. The summed E-state index contributed by atoms with van der Waals surface area (Å²) >= 11 is 6.45. The minimum Gasteiger partial charge on any atom is -0.462 e. The van der Waals surface area contributed by atoms with Crippen LogP contribution in [0.2, 0.25) is 5.02 Å². The lowest BCUT2D eigenvalue weighted by Crippen LogP contribution is -2.34.